The molecule has 0 aliphatic rings. The highest BCUT2D eigenvalue weighted by atomic mass is 14.8. The largest absolute Gasteiger partial charge is 0.388 e. The van der Waals surface area contributed by atoms with Crippen molar-refractivity contribution in [3.05, 3.63) is 29.8 Å². The van der Waals surface area contributed by atoms with Crippen LogP contribution in [-0.4, -0.2) is 7.05 Å². The van der Waals surface area contributed by atoms with Crippen LogP contribution in [0.3, 0.4) is 0 Å². The van der Waals surface area contributed by atoms with Gasteiger partial charge >= 0.3 is 0 Å². The first kappa shape index (κ1) is 6.63. The zero-order valence-electron chi connectivity index (χ0n) is 5.76. The van der Waals surface area contributed by atoms with Gasteiger partial charge < -0.3 is 5.32 Å². The van der Waals surface area contributed by atoms with Crippen molar-refractivity contribution in [2.75, 3.05) is 12.4 Å². The van der Waals surface area contributed by atoms with Gasteiger partial charge in [0, 0.05) is 12.7 Å². The number of nitrogens with zero attached hydrogens (tertiary/aromatic N) is 1. The highest BCUT2D eigenvalue weighted by molar-refractivity contribution is 5.48. The molecule has 2 nitrogen and oxygen atoms in total. The molecule has 0 amide bonds. The fourth-order valence-electron chi connectivity index (χ4n) is 0.744. The summed E-state index contributed by atoms with van der Waals surface area (Å²) in [5.41, 5.74) is 1.66. The molecule has 50 valence electrons. The second-order valence-corrected chi connectivity index (χ2v) is 1.94. The van der Waals surface area contributed by atoms with Crippen LogP contribution in [0, 0.1) is 11.3 Å². The van der Waals surface area contributed by atoms with Gasteiger partial charge in [0.15, 0.2) is 0 Å². The summed E-state index contributed by atoms with van der Waals surface area (Å²) in [6.07, 6.45) is 0. The number of hydrogen-bond donors (Lipinski definition) is 1. The van der Waals surface area contributed by atoms with Crippen molar-refractivity contribution >= 4 is 5.69 Å². The van der Waals surface area contributed by atoms with Crippen LogP contribution in [0.25, 0.3) is 0 Å². The third kappa shape index (κ3) is 1.26. The lowest BCUT2D eigenvalue weighted by Gasteiger charge is -1.96. The number of hydrogen-bond acceptors (Lipinski definition) is 2. The Hall–Kier alpha value is -1.49. The second kappa shape index (κ2) is 2.88. The van der Waals surface area contributed by atoms with E-state index in [2.05, 4.69) is 11.4 Å². The fourth-order valence-corrected chi connectivity index (χ4v) is 0.744. The molecular weight excluding hydrogens is 124 g/mol. The summed E-state index contributed by atoms with van der Waals surface area (Å²) in [7, 11) is 1.83. The minimum atomic E-state index is 0.687. The van der Waals surface area contributed by atoms with Crippen molar-refractivity contribution in [2.24, 2.45) is 0 Å². The van der Waals surface area contributed by atoms with Gasteiger partial charge in [-0.1, -0.05) is 6.07 Å². The first-order valence-electron chi connectivity index (χ1n) is 3.04. The van der Waals surface area contributed by atoms with Crippen LogP contribution in [-0.2, 0) is 0 Å². The molecule has 0 saturated carbocycles. The maximum Gasteiger partial charge on any atom is 0.0992 e. The molecule has 0 aromatic heterocycles. The van der Waals surface area contributed by atoms with E-state index < -0.39 is 0 Å². The normalized spacial score (nSPS) is 8.40. The molecule has 2 heteroatoms. The van der Waals surface area contributed by atoms with E-state index >= 15 is 0 Å². The summed E-state index contributed by atoms with van der Waals surface area (Å²) >= 11 is 0. The first-order valence-corrected chi connectivity index (χ1v) is 3.04. The SMILES string of the molecule is CNc1cccc(C#N)c1. The number of benzene rings is 1. The molecular formula is C8H8N2. The van der Waals surface area contributed by atoms with Gasteiger partial charge in [0.2, 0.25) is 0 Å². The van der Waals surface area contributed by atoms with Crippen molar-refractivity contribution in [1.29, 1.82) is 5.26 Å². The number of anilines is 1. The zero-order chi connectivity index (χ0) is 7.40. The van der Waals surface area contributed by atoms with Crippen molar-refractivity contribution in [3.8, 4) is 6.07 Å². The molecule has 0 heterocycles. The maximum atomic E-state index is 8.48. The second-order valence-electron chi connectivity index (χ2n) is 1.94. The van der Waals surface area contributed by atoms with Gasteiger partial charge in [-0.2, -0.15) is 5.26 Å². The fraction of sp³-hybridized carbons (Fsp3) is 0.125. The standard InChI is InChI=1S/C8H8N2/c1-10-8-4-2-3-7(5-8)6-9/h2-5,10H,1H3. The van der Waals surface area contributed by atoms with Gasteiger partial charge in [-0.15, -0.1) is 0 Å². The van der Waals surface area contributed by atoms with Gasteiger partial charge in [-0.3, -0.25) is 0 Å². The molecule has 1 N–H and O–H groups in total. The highest BCUT2D eigenvalue weighted by Gasteiger charge is 1.89. The van der Waals surface area contributed by atoms with Crippen LogP contribution in [0.15, 0.2) is 24.3 Å². The number of nitriles is 1. The molecule has 0 atom stereocenters. The van der Waals surface area contributed by atoms with Crippen LogP contribution >= 0.6 is 0 Å². The Bertz CT molecular complexity index is 260. The molecule has 0 aliphatic heterocycles. The minimum Gasteiger partial charge on any atom is -0.388 e. The van der Waals surface area contributed by atoms with E-state index in [4.69, 9.17) is 5.26 Å². The molecule has 0 radical (unpaired) electrons. The molecule has 0 bridgehead atoms. The quantitative estimate of drug-likeness (QED) is 0.630. The van der Waals surface area contributed by atoms with Gasteiger partial charge in [0.1, 0.15) is 0 Å². The molecule has 0 aliphatic carbocycles. The summed E-state index contributed by atoms with van der Waals surface area (Å²) in [6.45, 7) is 0. The Labute approximate surface area is 60.1 Å². The number of rotatable bonds is 1. The first-order chi connectivity index (χ1) is 4.86. The summed E-state index contributed by atoms with van der Waals surface area (Å²) in [5.74, 6) is 0. The summed E-state index contributed by atoms with van der Waals surface area (Å²) in [4.78, 5) is 0. The Balaban J connectivity index is 3.01. The maximum absolute atomic E-state index is 8.48. The van der Waals surface area contributed by atoms with Crippen LogP contribution < -0.4 is 5.32 Å². The van der Waals surface area contributed by atoms with E-state index in [0.29, 0.717) is 5.56 Å². The zero-order valence-corrected chi connectivity index (χ0v) is 5.76. The van der Waals surface area contributed by atoms with E-state index in [1.54, 1.807) is 12.1 Å². The third-order valence-corrected chi connectivity index (χ3v) is 1.28. The predicted octanol–water partition coefficient (Wildman–Crippen LogP) is 1.60. The monoisotopic (exact) mass is 132 g/mol. The van der Waals surface area contributed by atoms with E-state index in [0.717, 1.165) is 5.69 Å². The number of nitrogens with one attached hydrogen (secondary N) is 1. The highest BCUT2D eigenvalue weighted by Crippen LogP contribution is 2.07. The van der Waals surface area contributed by atoms with E-state index in [-0.39, 0.29) is 0 Å². The minimum absolute atomic E-state index is 0.687. The lowest BCUT2D eigenvalue weighted by atomic mass is 10.2. The molecule has 1 aromatic rings. The lowest BCUT2D eigenvalue weighted by molar-refractivity contribution is 1.46. The van der Waals surface area contributed by atoms with Crippen molar-refractivity contribution in [1.82, 2.24) is 0 Å². The van der Waals surface area contributed by atoms with Crippen molar-refractivity contribution in [2.45, 2.75) is 0 Å². The predicted molar refractivity (Wildman–Crippen MR) is 40.7 cm³/mol. The molecule has 0 fully saturated rings. The van der Waals surface area contributed by atoms with Gasteiger partial charge in [0.05, 0.1) is 11.6 Å². The Morgan fingerprint density at radius 1 is 1.50 bits per heavy atom. The van der Waals surface area contributed by atoms with Gasteiger partial charge in [0.25, 0.3) is 0 Å². The average Bonchev–Trinajstić information content (AvgIpc) is 2.05. The van der Waals surface area contributed by atoms with E-state index in [9.17, 15) is 0 Å². The lowest BCUT2D eigenvalue weighted by Crippen LogP contribution is -1.86. The summed E-state index contributed by atoms with van der Waals surface area (Å²) in [6, 6.07) is 9.41. The van der Waals surface area contributed by atoms with Gasteiger partial charge in [-0.25, -0.2) is 0 Å². The van der Waals surface area contributed by atoms with E-state index in [1.807, 2.05) is 19.2 Å². The van der Waals surface area contributed by atoms with Crippen LogP contribution in [0.5, 0.6) is 0 Å². The molecule has 10 heavy (non-hydrogen) atoms. The Morgan fingerprint density at radius 2 is 2.30 bits per heavy atom. The van der Waals surface area contributed by atoms with Crippen LogP contribution in [0.2, 0.25) is 0 Å². The molecule has 1 rings (SSSR count). The Kier molecular flexibility index (Phi) is 1.91. The van der Waals surface area contributed by atoms with E-state index in [1.165, 1.54) is 0 Å². The molecule has 0 spiro atoms. The molecule has 1 aromatic carbocycles. The van der Waals surface area contributed by atoms with Crippen molar-refractivity contribution in [3.63, 3.8) is 0 Å². The summed E-state index contributed by atoms with van der Waals surface area (Å²) in [5, 5.41) is 11.4. The van der Waals surface area contributed by atoms with Crippen LogP contribution in [0.1, 0.15) is 5.56 Å². The Morgan fingerprint density at radius 3 is 2.90 bits per heavy atom. The smallest absolute Gasteiger partial charge is 0.0992 e. The molecule has 0 saturated heterocycles. The summed E-state index contributed by atoms with van der Waals surface area (Å²) < 4.78 is 0. The third-order valence-electron chi connectivity index (χ3n) is 1.28. The van der Waals surface area contributed by atoms with Crippen LogP contribution in [0.4, 0.5) is 5.69 Å². The van der Waals surface area contributed by atoms with Crippen molar-refractivity contribution < 1.29 is 0 Å². The topological polar surface area (TPSA) is 35.8 Å². The van der Waals surface area contributed by atoms with Gasteiger partial charge in [-0.05, 0) is 18.2 Å². The average molecular weight is 132 g/mol. The molecule has 0 unspecified atom stereocenters.